The first-order valence-electron chi connectivity index (χ1n) is 4.72. The highest BCUT2D eigenvalue weighted by molar-refractivity contribution is 5.85. The number of hydrogen-bond donors (Lipinski definition) is 2. The second-order valence-electron chi connectivity index (χ2n) is 3.96. The molecule has 0 aromatic carbocycles. The lowest BCUT2D eigenvalue weighted by atomic mass is 9.74. The summed E-state index contributed by atoms with van der Waals surface area (Å²) in [6.45, 7) is 1.95. The van der Waals surface area contributed by atoms with E-state index < -0.39 is 5.97 Å². The standard InChI is InChI=1S/C9H15NO2.ClH/c11-9(12)7-3-1-2-6-4-10-5-8(6)7;/h6-8,10H,1-5H2,(H,11,12);1H. The number of hydrogen-bond acceptors (Lipinski definition) is 2. The quantitative estimate of drug-likeness (QED) is 0.675. The minimum atomic E-state index is -0.589. The maximum absolute atomic E-state index is 10.9. The summed E-state index contributed by atoms with van der Waals surface area (Å²) >= 11 is 0. The van der Waals surface area contributed by atoms with Crippen molar-refractivity contribution >= 4 is 18.4 Å². The number of aliphatic carboxylic acids is 1. The van der Waals surface area contributed by atoms with Crippen LogP contribution in [0.3, 0.4) is 0 Å². The molecule has 0 radical (unpaired) electrons. The molecule has 76 valence electrons. The first-order chi connectivity index (χ1) is 5.79. The number of fused-ring (bicyclic) bond motifs is 1. The number of nitrogens with one attached hydrogen (secondary N) is 1. The van der Waals surface area contributed by atoms with Gasteiger partial charge in [0.2, 0.25) is 0 Å². The van der Waals surface area contributed by atoms with Gasteiger partial charge in [-0.2, -0.15) is 0 Å². The van der Waals surface area contributed by atoms with Crippen LogP contribution in [0.5, 0.6) is 0 Å². The van der Waals surface area contributed by atoms with Gasteiger partial charge in [-0.3, -0.25) is 4.79 Å². The SMILES string of the molecule is Cl.O=C(O)C1CCCC2CNCC21. The van der Waals surface area contributed by atoms with E-state index in [0.717, 1.165) is 25.9 Å². The van der Waals surface area contributed by atoms with Gasteiger partial charge in [0.05, 0.1) is 5.92 Å². The Morgan fingerprint density at radius 2 is 2.08 bits per heavy atom. The molecule has 1 aliphatic carbocycles. The second-order valence-corrected chi connectivity index (χ2v) is 3.96. The van der Waals surface area contributed by atoms with Crippen LogP contribution in [0, 0.1) is 17.8 Å². The molecule has 2 rings (SSSR count). The highest BCUT2D eigenvalue weighted by Gasteiger charge is 2.39. The van der Waals surface area contributed by atoms with Crippen LogP contribution >= 0.6 is 12.4 Å². The molecule has 1 aliphatic heterocycles. The van der Waals surface area contributed by atoms with E-state index in [0.29, 0.717) is 11.8 Å². The van der Waals surface area contributed by atoms with Gasteiger partial charge in [0.15, 0.2) is 0 Å². The summed E-state index contributed by atoms with van der Waals surface area (Å²) in [4.78, 5) is 10.9. The third kappa shape index (κ3) is 1.97. The Morgan fingerprint density at radius 1 is 1.31 bits per heavy atom. The zero-order chi connectivity index (χ0) is 8.55. The molecule has 1 heterocycles. The molecule has 3 unspecified atom stereocenters. The summed E-state index contributed by atoms with van der Waals surface area (Å²) in [7, 11) is 0. The van der Waals surface area contributed by atoms with Crippen molar-refractivity contribution in [2.45, 2.75) is 19.3 Å². The van der Waals surface area contributed by atoms with Crippen molar-refractivity contribution in [3.63, 3.8) is 0 Å². The zero-order valence-corrected chi connectivity index (χ0v) is 8.35. The Bertz CT molecular complexity index is 198. The average Bonchev–Trinajstić information content (AvgIpc) is 2.49. The largest absolute Gasteiger partial charge is 0.481 e. The van der Waals surface area contributed by atoms with Crippen LogP contribution in [0.25, 0.3) is 0 Å². The number of carboxylic acid groups (broad SMARTS) is 1. The highest BCUT2D eigenvalue weighted by Crippen LogP contribution is 2.36. The van der Waals surface area contributed by atoms with Crippen LogP contribution in [0.15, 0.2) is 0 Å². The molecule has 2 aliphatic rings. The van der Waals surface area contributed by atoms with Crippen LogP contribution in [0.1, 0.15) is 19.3 Å². The van der Waals surface area contributed by atoms with E-state index in [1.165, 1.54) is 6.42 Å². The van der Waals surface area contributed by atoms with Gasteiger partial charge in [0.25, 0.3) is 0 Å². The third-order valence-electron chi connectivity index (χ3n) is 3.32. The van der Waals surface area contributed by atoms with Crippen molar-refractivity contribution in [1.82, 2.24) is 5.32 Å². The number of halogens is 1. The monoisotopic (exact) mass is 205 g/mol. The van der Waals surface area contributed by atoms with Crippen molar-refractivity contribution in [1.29, 1.82) is 0 Å². The van der Waals surface area contributed by atoms with E-state index in [2.05, 4.69) is 5.32 Å². The molecule has 13 heavy (non-hydrogen) atoms. The molecular weight excluding hydrogens is 190 g/mol. The predicted octanol–water partition coefficient (Wildman–Crippen LogP) is 1.13. The van der Waals surface area contributed by atoms with Crippen molar-refractivity contribution < 1.29 is 9.90 Å². The summed E-state index contributed by atoms with van der Waals surface area (Å²) in [5.74, 6) is 0.392. The van der Waals surface area contributed by atoms with Crippen LogP contribution < -0.4 is 5.32 Å². The van der Waals surface area contributed by atoms with Crippen molar-refractivity contribution in [2.24, 2.45) is 17.8 Å². The molecule has 1 saturated carbocycles. The topological polar surface area (TPSA) is 49.3 Å². The summed E-state index contributed by atoms with van der Waals surface area (Å²) in [6.07, 6.45) is 3.21. The van der Waals surface area contributed by atoms with Gasteiger partial charge in [0, 0.05) is 0 Å². The normalized spacial score (nSPS) is 37.7. The summed E-state index contributed by atoms with van der Waals surface area (Å²) in [5, 5.41) is 12.2. The maximum Gasteiger partial charge on any atom is 0.306 e. The van der Waals surface area contributed by atoms with Gasteiger partial charge >= 0.3 is 5.97 Å². The lowest BCUT2D eigenvalue weighted by molar-refractivity contribution is -0.145. The molecule has 2 N–H and O–H groups in total. The summed E-state index contributed by atoms with van der Waals surface area (Å²) in [6, 6.07) is 0. The number of rotatable bonds is 1. The van der Waals surface area contributed by atoms with Gasteiger partial charge < -0.3 is 10.4 Å². The fourth-order valence-corrected chi connectivity index (χ4v) is 2.66. The molecule has 0 amide bonds. The van der Waals surface area contributed by atoms with Crippen LogP contribution in [0.4, 0.5) is 0 Å². The van der Waals surface area contributed by atoms with Gasteiger partial charge in [-0.1, -0.05) is 6.42 Å². The molecule has 2 fully saturated rings. The molecule has 0 aromatic heterocycles. The molecule has 0 aromatic rings. The van der Waals surface area contributed by atoms with Gasteiger partial charge in [0.1, 0.15) is 0 Å². The van der Waals surface area contributed by atoms with E-state index >= 15 is 0 Å². The first-order valence-corrected chi connectivity index (χ1v) is 4.72. The van der Waals surface area contributed by atoms with Crippen molar-refractivity contribution in [3.05, 3.63) is 0 Å². The third-order valence-corrected chi connectivity index (χ3v) is 3.32. The molecule has 3 atom stereocenters. The van der Waals surface area contributed by atoms with E-state index in [9.17, 15) is 4.79 Å². The van der Waals surface area contributed by atoms with Crippen LogP contribution in [-0.4, -0.2) is 24.2 Å². The van der Waals surface area contributed by atoms with Crippen molar-refractivity contribution in [2.75, 3.05) is 13.1 Å². The molecule has 4 heteroatoms. The highest BCUT2D eigenvalue weighted by atomic mass is 35.5. The summed E-state index contributed by atoms with van der Waals surface area (Å²) < 4.78 is 0. The van der Waals surface area contributed by atoms with Gasteiger partial charge in [-0.25, -0.2) is 0 Å². The van der Waals surface area contributed by atoms with E-state index in [-0.39, 0.29) is 18.3 Å². The predicted molar refractivity (Wildman–Crippen MR) is 52.1 cm³/mol. The van der Waals surface area contributed by atoms with E-state index in [1.807, 2.05) is 0 Å². The van der Waals surface area contributed by atoms with Crippen molar-refractivity contribution in [3.8, 4) is 0 Å². The molecule has 1 saturated heterocycles. The Kier molecular flexibility index (Phi) is 3.56. The fraction of sp³-hybridized carbons (Fsp3) is 0.889. The van der Waals surface area contributed by atoms with Gasteiger partial charge in [-0.15, -0.1) is 12.4 Å². The second kappa shape index (κ2) is 4.29. The first kappa shape index (κ1) is 10.8. The minimum absolute atomic E-state index is 0. The van der Waals surface area contributed by atoms with Gasteiger partial charge in [-0.05, 0) is 37.8 Å². The Hall–Kier alpha value is -0.280. The molecule has 0 spiro atoms. The van der Waals surface area contributed by atoms with E-state index in [1.54, 1.807) is 0 Å². The molecular formula is C9H16ClNO2. The lowest BCUT2D eigenvalue weighted by Gasteiger charge is -2.29. The zero-order valence-electron chi connectivity index (χ0n) is 7.53. The maximum atomic E-state index is 10.9. The van der Waals surface area contributed by atoms with Crippen LogP contribution in [-0.2, 0) is 4.79 Å². The fourth-order valence-electron chi connectivity index (χ4n) is 2.66. The summed E-state index contributed by atoms with van der Waals surface area (Å²) in [5.41, 5.74) is 0. The Labute approximate surface area is 84.3 Å². The number of carbonyl (C=O) groups is 1. The van der Waals surface area contributed by atoms with Crippen LogP contribution in [0.2, 0.25) is 0 Å². The average molecular weight is 206 g/mol. The lowest BCUT2D eigenvalue weighted by Crippen LogP contribution is -2.32. The molecule has 0 bridgehead atoms. The Balaban J connectivity index is 0.000000845. The molecule has 3 nitrogen and oxygen atoms in total. The minimum Gasteiger partial charge on any atom is -0.481 e. The number of carboxylic acids is 1. The Morgan fingerprint density at radius 3 is 2.77 bits per heavy atom. The smallest absolute Gasteiger partial charge is 0.306 e. The van der Waals surface area contributed by atoms with E-state index in [4.69, 9.17) is 5.11 Å².